The quantitative estimate of drug-likeness (QED) is 0.549. The largest absolute Gasteiger partial charge is 0.490 e. The summed E-state index contributed by atoms with van der Waals surface area (Å²) >= 11 is 0. The van der Waals surface area contributed by atoms with Crippen LogP contribution in [0.2, 0.25) is 0 Å². The minimum atomic E-state index is -1.10. The number of nitrogens with two attached hydrogens (primary N) is 1. The molecule has 0 amide bonds. The summed E-state index contributed by atoms with van der Waals surface area (Å²) in [7, 11) is 1.33. The summed E-state index contributed by atoms with van der Waals surface area (Å²) in [5.74, 6) is -0.472. The average molecular weight is 357 g/mol. The SMILES string of the molecule is CCCCN.CO/C(=C\c1ccc(OCc2ccccc2)cc1)C(=O)O. The van der Waals surface area contributed by atoms with Crippen molar-refractivity contribution in [1.82, 2.24) is 0 Å². The first kappa shape index (κ1) is 21.3. The minimum absolute atomic E-state index is 0.104. The molecule has 0 aliphatic carbocycles. The topological polar surface area (TPSA) is 81.8 Å². The third kappa shape index (κ3) is 8.35. The zero-order valence-electron chi connectivity index (χ0n) is 15.4. The van der Waals surface area contributed by atoms with E-state index in [0.29, 0.717) is 6.61 Å². The van der Waals surface area contributed by atoms with Crippen molar-refractivity contribution < 1.29 is 19.4 Å². The highest BCUT2D eigenvalue weighted by molar-refractivity contribution is 5.89. The molecule has 2 aromatic carbocycles. The molecule has 0 heterocycles. The van der Waals surface area contributed by atoms with Gasteiger partial charge in [0.05, 0.1) is 7.11 Å². The Morgan fingerprint density at radius 1 is 1.12 bits per heavy atom. The predicted octanol–water partition coefficient (Wildman–Crippen LogP) is 4.08. The van der Waals surface area contributed by atoms with Gasteiger partial charge in [-0.25, -0.2) is 4.79 Å². The Bertz CT molecular complexity index is 664. The predicted molar refractivity (Wildman–Crippen MR) is 104 cm³/mol. The summed E-state index contributed by atoms with van der Waals surface area (Å²) in [6.45, 7) is 3.47. The number of methoxy groups -OCH3 is 1. The van der Waals surface area contributed by atoms with Gasteiger partial charge in [0.2, 0.25) is 5.76 Å². The second-order valence-corrected chi connectivity index (χ2v) is 5.50. The molecule has 140 valence electrons. The lowest BCUT2D eigenvalue weighted by Gasteiger charge is -2.06. The van der Waals surface area contributed by atoms with Crippen LogP contribution in [-0.4, -0.2) is 24.7 Å². The maximum absolute atomic E-state index is 10.8. The van der Waals surface area contributed by atoms with E-state index >= 15 is 0 Å². The van der Waals surface area contributed by atoms with Gasteiger partial charge in [0.1, 0.15) is 12.4 Å². The Hall–Kier alpha value is -2.79. The zero-order chi connectivity index (χ0) is 19.2. The molecule has 0 aromatic heterocycles. The van der Waals surface area contributed by atoms with Crippen molar-refractivity contribution in [3.8, 4) is 5.75 Å². The van der Waals surface area contributed by atoms with Crippen molar-refractivity contribution in [2.45, 2.75) is 26.4 Å². The standard InChI is InChI=1S/C17H16O4.C4H11N/c1-20-16(17(18)19)11-13-7-9-15(10-8-13)21-12-14-5-3-2-4-6-14;1-2-3-4-5/h2-11H,12H2,1H3,(H,18,19);2-5H2,1H3/b16-11-;. The minimum Gasteiger partial charge on any atom is -0.490 e. The fourth-order valence-electron chi connectivity index (χ4n) is 1.96. The molecule has 0 radical (unpaired) electrons. The summed E-state index contributed by atoms with van der Waals surface area (Å²) in [5, 5.41) is 8.88. The normalized spacial score (nSPS) is 10.5. The highest BCUT2D eigenvalue weighted by atomic mass is 16.5. The van der Waals surface area contributed by atoms with E-state index in [0.717, 1.165) is 23.4 Å². The second kappa shape index (κ2) is 12.6. The number of unbranched alkanes of at least 4 members (excludes halogenated alkanes) is 1. The number of carboxylic acid groups (broad SMARTS) is 1. The number of carboxylic acids is 1. The van der Waals surface area contributed by atoms with E-state index in [1.165, 1.54) is 26.0 Å². The number of hydrogen-bond donors (Lipinski definition) is 2. The van der Waals surface area contributed by atoms with E-state index in [1.807, 2.05) is 30.3 Å². The van der Waals surface area contributed by atoms with Crippen LogP contribution in [0, 0.1) is 0 Å². The lowest BCUT2D eigenvalue weighted by molar-refractivity contribution is -0.135. The molecule has 0 spiro atoms. The highest BCUT2D eigenvalue weighted by Gasteiger charge is 2.06. The zero-order valence-corrected chi connectivity index (χ0v) is 15.4. The van der Waals surface area contributed by atoms with E-state index in [-0.39, 0.29) is 5.76 Å². The van der Waals surface area contributed by atoms with Crippen molar-refractivity contribution in [2.75, 3.05) is 13.7 Å². The number of benzene rings is 2. The van der Waals surface area contributed by atoms with E-state index in [1.54, 1.807) is 24.3 Å². The molecule has 0 aliphatic rings. The van der Waals surface area contributed by atoms with Gasteiger partial charge in [0.15, 0.2) is 0 Å². The van der Waals surface area contributed by atoms with Crippen LogP contribution in [-0.2, 0) is 16.1 Å². The summed E-state index contributed by atoms with van der Waals surface area (Å²) in [5.41, 5.74) is 6.97. The van der Waals surface area contributed by atoms with Crippen molar-refractivity contribution in [3.05, 3.63) is 71.5 Å². The van der Waals surface area contributed by atoms with Crippen LogP contribution in [0.25, 0.3) is 6.08 Å². The van der Waals surface area contributed by atoms with Gasteiger partial charge in [-0.3, -0.25) is 0 Å². The van der Waals surface area contributed by atoms with Gasteiger partial charge in [0.25, 0.3) is 0 Å². The molecule has 2 rings (SSSR count). The van der Waals surface area contributed by atoms with E-state index in [2.05, 4.69) is 6.92 Å². The summed E-state index contributed by atoms with van der Waals surface area (Å²) in [6, 6.07) is 17.0. The smallest absolute Gasteiger partial charge is 0.371 e. The van der Waals surface area contributed by atoms with Crippen LogP contribution in [0.4, 0.5) is 0 Å². The van der Waals surface area contributed by atoms with E-state index in [9.17, 15) is 4.79 Å². The molecule has 0 atom stereocenters. The molecule has 5 heteroatoms. The maximum Gasteiger partial charge on any atom is 0.371 e. The highest BCUT2D eigenvalue weighted by Crippen LogP contribution is 2.16. The van der Waals surface area contributed by atoms with Gasteiger partial charge in [-0.2, -0.15) is 0 Å². The first-order valence-corrected chi connectivity index (χ1v) is 8.56. The molecular weight excluding hydrogens is 330 g/mol. The lowest BCUT2D eigenvalue weighted by atomic mass is 10.2. The Kier molecular flexibility index (Phi) is 10.3. The van der Waals surface area contributed by atoms with Crippen LogP contribution in [0.3, 0.4) is 0 Å². The first-order valence-electron chi connectivity index (χ1n) is 8.56. The average Bonchev–Trinajstić information content (AvgIpc) is 2.67. The molecule has 5 nitrogen and oxygen atoms in total. The summed E-state index contributed by atoms with van der Waals surface area (Å²) in [4.78, 5) is 10.8. The van der Waals surface area contributed by atoms with Crippen molar-refractivity contribution in [1.29, 1.82) is 0 Å². The Balaban J connectivity index is 0.000000597. The molecule has 0 bridgehead atoms. The molecule has 0 saturated carbocycles. The second-order valence-electron chi connectivity index (χ2n) is 5.50. The fraction of sp³-hybridized carbons (Fsp3) is 0.286. The molecule has 0 saturated heterocycles. The van der Waals surface area contributed by atoms with Gasteiger partial charge < -0.3 is 20.3 Å². The Morgan fingerprint density at radius 3 is 2.23 bits per heavy atom. The van der Waals surface area contributed by atoms with Crippen LogP contribution in [0.1, 0.15) is 30.9 Å². The van der Waals surface area contributed by atoms with Gasteiger partial charge in [-0.15, -0.1) is 0 Å². The molecule has 0 unspecified atom stereocenters. The lowest BCUT2D eigenvalue weighted by Crippen LogP contribution is -2.01. The summed E-state index contributed by atoms with van der Waals surface area (Å²) in [6.07, 6.45) is 3.85. The first-order chi connectivity index (χ1) is 12.6. The van der Waals surface area contributed by atoms with Gasteiger partial charge in [-0.05, 0) is 42.3 Å². The van der Waals surface area contributed by atoms with Crippen LogP contribution in [0.5, 0.6) is 5.75 Å². The maximum atomic E-state index is 10.8. The van der Waals surface area contributed by atoms with Gasteiger partial charge in [-0.1, -0.05) is 55.8 Å². The Labute approximate surface area is 155 Å². The number of rotatable bonds is 8. The van der Waals surface area contributed by atoms with Gasteiger partial charge in [0, 0.05) is 0 Å². The molecule has 0 aliphatic heterocycles. The molecular formula is C21H27NO4. The number of aliphatic carboxylic acids is 1. The van der Waals surface area contributed by atoms with E-state index in [4.69, 9.17) is 20.3 Å². The van der Waals surface area contributed by atoms with Crippen LogP contribution in [0.15, 0.2) is 60.4 Å². The number of hydrogen-bond acceptors (Lipinski definition) is 4. The fourth-order valence-corrected chi connectivity index (χ4v) is 1.96. The third-order valence-electron chi connectivity index (χ3n) is 3.41. The number of ether oxygens (including phenoxy) is 2. The van der Waals surface area contributed by atoms with Crippen LogP contribution >= 0.6 is 0 Å². The van der Waals surface area contributed by atoms with Crippen molar-refractivity contribution in [3.63, 3.8) is 0 Å². The third-order valence-corrected chi connectivity index (χ3v) is 3.41. The Morgan fingerprint density at radius 2 is 1.77 bits per heavy atom. The van der Waals surface area contributed by atoms with Gasteiger partial charge >= 0.3 is 5.97 Å². The molecule has 0 fully saturated rings. The monoisotopic (exact) mass is 357 g/mol. The summed E-state index contributed by atoms with van der Waals surface area (Å²) < 4.78 is 10.4. The molecule has 3 N–H and O–H groups in total. The molecule has 26 heavy (non-hydrogen) atoms. The van der Waals surface area contributed by atoms with Crippen molar-refractivity contribution in [2.24, 2.45) is 5.73 Å². The molecule has 2 aromatic rings. The van der Waals surface area contributed by atoms with Crippen LogP contribution < -0.4 is 10.5 Å². The number of carbonyl (C=O) groups is 1. The van der Waals surface area contributed by atoms with E-state index < -0.39 is 5.97 Å². The van der Waals surface area contributed by atoms with Crippen molar-refractivity contribution >= 4 is 12.0 Å².